The number of piperidine rings is 1. The lowest BCUT2D eigenvalue weighted by molar-refractivity contribution is -0.140. The molecule has 0 saturated carbocycles. The number of methoxy groups -OCH3 is 1. The van der Waals surface area contributed by atoms with Gasteiger partial charge in [0.2, 0.25) is 0 Å². The molecule has 1 aliphatic rings. The zero-order chi connectivity index (χ0) is 21.1. The second-order valence-corrected chi connectivity index (χ2v) is 7.37. The molecule has 30 heavy (non-hydrogen) atoms. The molecule has 0 spiro atoms. The minimum absolute atomic E-state index is 0.148. The van der Waals surface area contributed by atoms with Crippen molar-refractivity contribution in [1.82, 2.24) is 4.90 Å². The summed E-state index contributed by atoms with van der Waals surface area (Å²) in [7, 11) is 1.61. The zero-order valence-electron chi connectivity index (χ0n) is 16.6. The molecule has 1 amide bonds. The second-order valence-electron chi connectivity index (χ2n) is 7.37. The maximum atomic E-state index is 13.1. The molecule has 6 heteroatoms. The largest absolute Gasteiger partial charge is 0.497 e. The van der Waals surface area contributed by atoms with Gasteiger partial charge in [0.15, 0.2) is 0 Å². The van der Waals surface area contributed by atoms with Crippen LogP contribution in [-0.2, 0) is 4.79 Å². The Balaban J connectivity index is 1.37. The Morgan fingerprint density at radius 3 is 2.20 bits per heavy atom. The molecule has 0 atom stereocenters. The maximum absolute atomic E-state index is 13.1. The molecule has 0 N–H and O–H groups in total. The van der Waals surface area contributed by atoms with E-state index in [0.717, 1.165) is 16.5 Å². The van der Waals surface area contributed by atoms with Crippen LogP contribution in [0.5, 0.6) is 11.5 Å². The fourth-order valence-corrected chi connectivity index (χ4v) is 3.69. The van der Waals surface area contributed by atoms with Crippen LogP contribution in [0.25, 0.3) is 10.8 Å². The number of amides is 1. The van der Waals surface area contributed by atoms with Crippen LogP contribution in [0.3, 0.4) is 0 Å². The third kappa shape index (κ3) is 4.27. The quantitative estimate of drug-likeness (QED) is 0.474. The van der Waals surface area contributed by atoms with E-state index in [9.17, 15) is 14.0 Å². The van der Waals surface area contributed by atoms with Gasteiger partial charge in [-0.25, -0.2) is 4.39 Å². The number of halogens is 1. The summed E-state index contributed by atoms with van der Waals surface area (Å²) in [4.78, 5) is 26.8. The van der Waals surface area contributed by atoms with Crippen LogP contribution >= 0.6 is 0 Å². The molecule has 0 aromatic heterocycles. The molecule has 154 valence electrons. The molecule has 1 aliphatic heterocycles. The highest BCUT2D eigenvalue weighted by atomic mass is 19.1. The maximum Gasteiger partial charge on any atom is 0.314 e. The molecule has 5 nitrogen and oxygen atoms in total. The Hall–Kier alpha value is -3.41. The smallest absolute Gasteiger partial charge is 0.314 e. The van der Waals surface area contributed by atoms with Gasteiger partial charge in [0, 0.05) is 18.7 Å². The summed E-state index contributed by atoms with van der Waals surface area (Å²) < 4.78 is 23.9. The van der Waals surface area contributed by atoms with E-state index in [1.165, 1.54) is 24.3 Å². The van der Waals surface area contributed by atoms with E-state index in [-0.39, 0.29) is 23.6 Å². The van der Waals surface area contributed by atoms with Crippen LogP contribution in [0.4, 0.5) is 4.39 Å². The van der Waals surface area contributed by atoms with Gasteiger partial charge in [0.25, 0.3) is 5.91 Å². The predicted octanol–water partition coefficient (Wildman–Crippen LogP) is 4.45. The molecule has 1 fully saturated rings. The molecule has 3 aromatic rings. The van der Waals surface area contributed by atoms with E-state index < -0.39 is 0 Å². The molecule has 1 saturated heterocycles. The standard InChI is InChI=1S/C24H22FNO4/c1-29-21-8-4-16-5-9-22(15-19(16)14-21)30-24(28)18-10-12-26(13-11-18)23(27)17-2-6-20(25)7-3-17/h2-9,14-15,18H,10-13H2,1H3. The van der Waals surface area contributed by atoms with Crippen molar-refractivity contribution in [2.24, 2.45) is 5.92 Å². The molecule has 0 aliphatic carbocycles. The molecule has 3 aromatic carbocycles. The molecule has 1 heterocycles. The Labute approximate surface area is 174 Å². The molecular weight excluding hydrogens is 385 g/mol. The Kier molecular flexibility index (Phi) is 5.65. The van der Waals surface area contributed by atoms with E-state index in [2.05, 4.69) is 0 Å². The van der Waals surface area contributed by atoms with Gasteiger partial charge in [-0.05, 0) is 72.1 Å². The summed E-state index contributed by atoms with van der Waals surface area (Å²) in [6.07, 6.45) is 1.07. The van der Waals surface area contributed by atoms with Gasteiger partial charge in [0.05, 0.1) is 13.0 Å². The summed E-state index contributed by atoms with van der Waals surface area (Å²) in [6, 6.07) is 16.7. The highest BCUT2D eigenvalue weighted by Crippen LogP contribution is 2.27. The normalized spacial score (nSPS) is 14.5. The Morgan fingerprint density at radius 2 is 1.53 bits per heavy atom. The van der Waals surface area contributed by atoms with Crippen molar-refractivity contribution >= 4 is 22.6 Å². The lowest BCUT2D eigenvalue weighted by atomic mass is 9.96. The van der Waals surface area contributed by atoms with Crippen molar-refractivity contribution in [1.29, 1.82) is 0 Å². The van der Waals surface area contributed by atoms with Gasteiger partial charge >= 0.3 is 5.97 Å². The first kappa shape index (κ1) is 19.9. The number of fused-ring (bicyclic) bond motifs is 1. The topological polar surface area (TPSA) is 55.8 Å². The number of nitrogens with zero attached hydrogens (tertiary/aromatic N) is 1. The molecule has 4 rings (SSSR count). The molecular formula is C24H22FNO4. The number of ether oxygens (including phenoxy) is 2. The summed E-state index contributed by atoms with van der Waals surface area (Å²) >= 11 is 0. The SMILES string of the molecule is COc1ccc2ccc(OC(=O)C3CCN(C(=O)c4ccc(F)cc4)CC3)cc2c1. The van der Waals surface area contributed by atoms with Crippen LogP contribution < -0.4 is 9.47 Å². The number of hydrogen-bond donors (Lipinski definition) is 0. The van der Waals surface area contributed by atoms with Crippen molar-refractivity contribution in [2.45, 2.75) is 12.8 Å². The molecule has 0 unspecified atom stereocenters. The highest BCUT2D eigenvalue weighted by molar-refractivity contribution is 5.94. The first-order chi connectivity index (χ1) is 14.5. The predicted molar refractivity (Wildman–Crippen MR) is 111 cm³/mol. The van der Waals surface area contributed by atoms with E-state index in [0.29, 0.717) is 37.2 Å². The first-order valence-electron chi connectivity index (χ1n) is 9.88. The average molecular weight is 407 g/mol. The van der Waals surface area contributed by atoms with Gasteiger partial charge in [-0.3, -0.25) is 9.59 Å². The van der Waals surface area contributed by atoms with Crippen LogP contribution in [0.2, 0.25) is 0 Å². The van der Waals surface area contributed by atoms with Crippen LogP contribution in [0.15, 0.2) is 60.7 Å². The van der Waals surface area contributed by atoms with E-state index >= 15 is 0 Å². The van der Waals surface area contributed by atoms with E-state index in [1.807, 2.05) is 30.3 Å². The molecule has 0 bridgehead atoms. The number of likely N-dealkylation sites (tertiary alicyclic amines) is 1. The van der Waals surface area contributed by atoms with Crippen molar-refractivity contribution in [3.63, 3.8) is 0 Å². The minimum atomic E-state index is -0.375. The lowest BCUT2D eigenvalue weighted by Gasteiger charge is -2.31. The van der Waals surface area contributed by atoms with Gasteiger partial charge in [-0.15, -0.1) is 0 Å². The zero-order valence-corrected chi connectivity index (χ0v) is 16.6. The number of esters is 1. The molecule has 0 radical (unpaired) electrons. The van der Waals surface area contributed by atoms with Crippen LogP contribution in [-0.4, -0.2) is 37.0 Å². The average Bonchev–Trinajstić information content (AvgIpc) is 2.78. The fourth-order valence-electron chi connectivity index (χ4n) is 3.69. The number of carbonyl (C=O) groups is 2. The lowest BCUT2D eigenvalue weighted by Crippen LogP contribution is -2.41. The monoisotopic (exact) mass is 407 g/mol. The van der Waals surface area contributed by atoms with Crippen molar-refractivity contribution < 1.29 is 23.5 Å². The van der Waals surface area contributed by atoms with Crippen molar-refractivity contribution in [2.75, 3.05) is 20.2 Å². The Morgan fingerprint density at radius 1 is 0.900 bits per heavy atom. The number of benzene rings is 3. The van der Waals surface area contributed by atoms with Gasteiger partial charge < -0.3 is 14.4 Å². The third-order valence-electron chi connectivity index (χ3n) is 5.44. The number of rotatable bonds is 4. The number of hydrogen-bond acceptors (Lipinski definition) is 4. The summed E-state index contributed by atoms with van der Waals surface area (Å²) in [6.45, 7) is 0.926. The van der Waals surface area contributed by atoms with Crippen LogP contribution in [0.1, 0.15) is 23.2 Å². The third-order valence-corrected chi connectivity index (χ3v) is 5.44. The van der Waals surface area contributed by atoms with E-state index in [1.54, 1.807) is 18.1 Å². The van der Waals surface area contributed by atoms with E-state index in [4.69, 9.17) is 9.47 Å². The summed E-state index contributed by atoms with van der Waals surface area (Å²) in [5.41, 5.74) is 0.448. The summed E-state index contributed by atoms with van der Waals surface area (Å²) in [5.74, 6) is 0.162. The highest BCUT2D eigenvalue weighted by Gasteiger charge is 2.29. The van der Waals surface area contributed by atoms with Gasteiger partial charge in [-0.2, -0.15) is 0 Å². The first-order valence-corrected chi connectivity index (χ1v) is 9.88. The van der Waals surface area contributed by atoms with Crippen LogP contribution in [0, 0.1) is 11.7 Å². The minimum Gasteiger partial charge on any atom is -0.497 e. The van der Waals surface area contributed by atoms with Gasteiger partial charge in [0.1, 0.15) is 17.3 Å². The fraction of sp³-hybridized carbons (Fsp3) is 0.250. The summed E-state index contributed by atoms with van der Waals surface area (Å²) in [5, 5.41) is 1.96. The Bertz CT molecular complexity index is 1070. The second kappa shape index (κ2) is 8.53. The van der Waals surface area contributed by atoms with Crippen molar-refractivity contribution in [3.8, 4) is 11.5 Å². The number of carbonyl (C=O) groups excluding carboxylic acids is 2. The van der Waals surface area contributed by atoms with Gasteiger partial charge in [-0.1, -0.05) is 12.1 Å². The van der Waals surface area contributed by atoms with Crippen molar-refractivity contribution in [3.05, 3.63) is 72.0 Å².